The number of benzene rings is 2. The van der Waals surface area contributed by atoms with Crippen LogP contribution in [0.25, 0.3) is 0 Å². The van der Waals surface area contributed by atoms with Gasteiger partial charge in [0, 0.05) is 5.69 Å². The molecule has 2 rings (SSSR count). The molecule has 0 radical (unpaired) electrons. The Kier molecular flexibility index (Phi) is 5.42. The number of ether oxygens (including phenoxy) is 2. The summed E-state index contributed by atoms with van der Waals surface area (Å²) in [6.07, 6.45) is 0.487. The standard InChI is InChI=1S/C18H21NO3/c1-4-13(2)16-7-5-6-8-17(16)22-18(20)19-14-9-11-15(21-3)12-10-14/h5-13H,4H2,1-3H3,(H,19,20). The number of carbonyl (C=O) groups is 1. The molecule has 0 fully saturated rings. The van der Waals surface area contributed by atoms with Crippen molar-refractivity contribution in [3.63, 3.8) is 0 Å². The monoisotopic (exact) mass is 299 g/mol. The maximum absolute atomic E-state index is 12.0. The van der Waals surface area contributed by atoms with Crippen LogP contribution in [0.3, 0.4) is 0 Å². The summed E-state index contributed by atoms with van der Waals surface area (Å²) in [5, 5.41) is 2.71. The average molecular weight is 299 g/mol. The molecule has 1 amide bonds. The second-order valence-corrected chi connectivity index (χ2v) is 5.09. The third-order valence-electron chi connectivity index (χ3n) is 3.60. The number of hydrogen-bond acceptors (Lipinski definition) is 3. The first-order chi connectivity index (χ1) is 10.6. The van der Waals surface area contributed by atoms with Crippen LogP contribution in [0.15, 0.2) is 48.5 Å². The molecule has 0 saturated heterocycles. The van der Waals surface area contributed by atoms with Crippen molar-refractivity contribution in [3.8, 4) is 11.5 Å². The van der Waals surface area contributed by atoms with Crippen LogP contribution in [0.2, 0.25) is 0 Å². The summed E-state index contributed by atoms with van der Waals surface area (Å²) in [6.45, 7) is 4.22. The molecule has 0 saturated carbocycles. The van der Waals surface area contributed by atoms with Gasteiger partial charge in [-0.05, 0) is 48.2 Å². The number of rotatable bonds is 5. The van der Waals surface area contributed by atoms with Crippen molar-refractivity contribution in [1.29, 1.82) is 0 Å². The van der Waals surface area contributed by atoms with Crippen LogP contribution >= 0.6 is 0 Å². The molecule has 1 N–H and O–H groups in total. The van der Waals surface area contributed by atoms with Crippen molar-refractivity contribution < 1.29 is 14.3 Å². The fourth-order valence-electron chi connectivity index (χ4n) is 2.12. The lowest BCUT2D eigenvalue weighted by atomic mass is 9.98. The van der Waals surface area contributed by atoms with E-state index in [2.05, 4.69) is 19.2 Å². The van der Waals surface area contributed by atoms with Crippen LogP contribution in [0.5, 0.6) is 11.5 Å². The van der Waals surface area contributed by atoms with Crippen molar-refractivity contribution >= 4 is 11.8 Å². The number of carbonyl (C=O) groups excluding carboxylic acids is 1. The summed E-state index contributed by atoms with van der Waals surface area (Å²) < 4.78 is 10.5. The summed E-state index contributed by atoms with van der Waals surface area (Å²) in [4.78, 5) is 12.0. The van der Waals surface area contributed by atoms with Gasteiger partial charge < -0.3 is 9.47 Å². The molecule has 1 atom stereocenters. The highest BCUT2D eigenvalue weighted by atomic mass is 16.6. The van der Waals surface area contributed by atoms with Gasteiger partial charge in [0.25, 0.3) is 0 Å². The first-order valence-corrected chi connectivity index (χ1v) is 7.35. The highest BCUT2D eigenvalue weighted by molar-refractivity contribution is 5.86. The van der Waals surface area contributed by atoms with Crippen LogP contribution in [-0.4, -0.2) is 13.2 Å². The summed E-state index contributed by atoms with van der Waals surface area (Å²) in [5.74, 6) is 1.67. The lowest BCUT2D eigenvalue weighted by Gasteiger charge is -2.15. The molecule has 116 valence electrons. The topological polar surface area (TPSA) is 47.6 Å². The summed E-state index contributed by atoms with van der Waals surface area (Å²) in [6, 6.07) is 14.7. The number of amides is 1. The zero-order valence-corrected chi connectivity index (χ0v) is 13.1. The van der Waals surface area contributed by atoms with Gasteiger partial charge >= 0.3 is 6.09 Å². The molecule has 0 spiro atoms. The molecule has 0 aliphatic rings. The van der Waals surface area contributed by atoms with Crippen LogP contribution in [0, 0.1) is 0 Å². The predicted octanol–water partition coefficient (Wildman–Crippen LogP) is 4.82. The molecular formula is C18H21NO3. The molecule has 2 aromatic rings. The van der Waals surface area contributed by atoms with E-state index in [1.54, 1.807) is 31.4 Å². The highest BCUT2D eigenvalue weighted by Gasteiger charge is 2.13. The lowest BCUT2D eigenvalue weighted by Crippen LogP contribution is -2.17. The van der Waals surface area contributed by atoms with Crippen molar-refractivity contribution in [2.75, 3.05) is 12.4 Å². The van der Waals surface area contributed by atoms with Crippen molar-refractivity contribution in [2.24, 2.45) is 0 Å². The van der Waals surface area contributed by atoms with Crippen molar-refractivity contribution in [2.45, 2.75) is 26.2 Å². The van der Waals surface area contributed by atoms with Crippen LogP contribution in [0.4, 0.5) is 10.5 Å². The number of methoxy groups -OCH3 is 1. The van der Waals surface area contributed by atoms with Gasteiger partial charge in [-0.2, -0.15) is 0 Å². The molecule has 0 aliphatic heterocycles. The van der Waals surface area contributed by atoms with E-state index in [0.717, 1.165) is 17.7 Å². The Morgan fingerprint density at radius 2 is 1.82 bits per heavy atom. The first-order valence-electron chi connectivity index (χ1n) is 7.35. The smallest absolute Gasteiger partial charge is 0.417 e. The zero-order valence-electron chi connectivity index (χ0n) is 13.1. The van der Waals surface area contributed by atoms with E-state index in [0.29, 0.717) is 17.4 Å². The van der Waals surface area contributed by atoms with Gasteiger partial charge in [0.05, 0.1) is 7.11 Å². The van der Waals surface area contributed by atoms with Gasteiger partial charge in [-0.1, -0.05) is 32.0 Å². The highest BCUT2D eigenvalue weighted by Crippen LogP contribution is 2.28. The third kappa shape index (κ3) is 4.01. The molecule has 1 unspecified atom stereocenters. The van der Waals surface area contributed by atoms with Crippen LogP contribution in [0.1, 0.15) is 31.7 Å². The number of para-hydroxylation sites is 1. The maximum Gasteiger partial charge on any atom is 0.417 e. The Morgan fingerprint density at radius 3 is 2.45 bits per heavy atom. The van der Waals surface area contributed by atoms with Gasteiger partial charge in [-0.25, -0.2) is 4.79 Å². The number of hydrogen-bond donors (Lipinski definition) is 1. The number of nitrogens with one attached hydrogen (secondary N) is 1. The van der Waals surface area contributed by atoms with Crippen LogP contribution in [-0.2, 0) is 0 Å². The molecular weight excluding hydrogens is 278 g/mol. The molecule has 2 aromatic carbocycles. The fraction of sp³-hybridized carbons (Fsp3) is 0.278. The molecule has 0 aliphatic carbocycles. The lowest BCUT2D eigenvalue weighted by molar-refractivity contribution is 0.214. The fourth-order valence-corrected chi connectivity index (χ4v) is 2.12. The summed E-state index contributed by atoms with van der Waals surface area (Å²) >= 11 is 0. The quantitative estimate of drug-likeness (QED) is 0.861. The molecule has 4 heteroatoms. The minimum absolute atomic E-state index is 0.338. The Labute approximate surface area is 131 Å². The van der Waals surface area contributed by atoms with E-state index in [1.165, 1.54) is 0 Å². The average Bonchev–Trinajstić information content (AvgIpc) is 2.55. The van der Waals surface area contributed by atoms with E-state index in [1.807, 2.05) is 24.3 Å². The predicted molar refractivity (Wildman–Crippen MR) is 87.8 cm³/mol. The largest absolute Gasteiger partial charge is 0.497 e. The van der Waals surface area contributed by atoms with Crippen molar-refractivity contribution in [1.82, 2.24) is 0 Å². The molecule has 0 heterocycles. The normalized spacial score (nSPS) is 11.6. The zero-order chi connectivity index (χ0) is 15.9. The Bertz CT molecular complexity index is 622. The van der Waals surface area contributed by atoms with E-state index < -0.39 is 6.09 Å². The summed E-state index contributed by atoms with van der Waals surface area (Å²) in [7, 11) is 1.60. The van der Waals surface area contributed by atoms with Gasteiger partial charge in [0.15, 0.2) is 0 Å². The Hall–Kier alpha value is -2.49. The molecule has 0 aromatic heterocycles. The SMILES string of the molecule is CCC(C)c1ccccc1OC(=O)Nc1ccc(OC)cc1. The second kappa shape index (κ2) is 7.50. The third-order valence-corrected chi connectivity index (χ3v) is 3.60. The van der Waals surface area contributed by atoms with Gasteiger partial charge in [-0.3, -0.25) is 5.32 Å². The minimum Gasteiger partial charge on any atom is -0.497 e. The molecule has 22 heavy (non-hydrogen) atoms. The van der Waals surface area contributed by atoms with E-state index >= 15 is 0 Å². The van der Waals surface area contributed by atoms with Gasteiger partial charge in [-0.15, -0.1) is 0 Å². The van der Waals surface area contributed by atoms with E-state index in [-0.39, 0.29) is 0 Å². The summed E-state index contributed by atoms with van der Waals surface area (Å²) in [5.41, 5.74) is 1.70. The molecule has 4 nitrogen and oxygen atoms in total. The first kappa shape index (κ1) is 15.9. The Balaban J connectivity index is 2.05. The van der Waals surface area contributed by atoms with Crippen LogP contribution < -0.4 is 14.8 Å². The van der Waals surface area contributed by atoms with Gasteiger partial charge in [0.2, 0.25) is 0 Å². The minimum atomic E-state index is -0.499. The van der Waals surface area contributed by atoms with E-state index in [4.69, 9.17) is 9.47 Å². The van der Waals surface area contributed by atoms with Gasteiger partial charge in [0.1, 0.15) is 11.5 Å². The van der Waals surface area contributed by atoms with Crippen molar-refractivity contribution in [3.05, 3.63) is 54.1 Å². The maximum atomic E-state index is 12.0. The molecule has 0 bridgehead atoms. The number of anilines is 1. The van der Waals surface area contributed by atoms with E-state index in [9.17, 15) is 4.79 Å². The Morgan fingerprint density at radius 1 is 1.14 bits per heavy atom. The second-order valence-electron chi connectivity index (χ2n) is 5.09.